The van der Waals surface area contributed by atoms with Crippen molar-refractivity contribution in [2.75, 3.05) is 20.6 Å². The summed E-state index contributed by atoms with van der Waals surface area (Å²) in [6.45, 7) is 0.731. The molecule has 0 N–H and O–H groups in total. The lowest BCUT2D eigenvalue weighted by molar-refractivity contribution is 0.0953. The summed E-state index contributed by atoms with van der Waals surface area (Å²) in [6, 6.07) is 12.9. The Morgan fingerprint density at radius 1 is 1.18 bits per heavy atom. The second-order valence-corrected chi connectivity index (χ2v) is 6.57. The monoisotopic (exact) mass is 381 g/mol. The first-order chi connectivity index (χ1) is 10.5. The highest BCUT2D eigenvalue weighted by Crippen LogP contribution is 2.25. The molecule has 0 saturated heterocycles. The van der Waals surface area contributed by atoms with Gasteiger partial charge in [0.1, 0.15) is 12.4 Å². The van der Waals surface area contributed by atoms with Crippen molar-refractivity contribution >= 4 is 33.3 Å². The molecule has 0 heterocycles. The number of carbonyl (C=O) groups excluding carboxylic acids is 1. The number of Topliss-reactive ketones (excluding diaryl/α,β-unsaturated/α-hetero) is 1. The molecule has 0 aliphatic carbocycles. The van der Waals surface area contributed by atoms with Gasteiger partial charge in [-0.2, -0.15) is 0 Å². The van der Waals surface area contributed by atoms with Crippen molar-refractivity contribution in [2.24, 2.45) is 0 Å². The maximum Gasteiger partial charge on any atom is 0.180 e. The van der Waals surface area contributed by atoms with Crippen LogP contribution < -0.4 is 4.74 Å². The Labute approximate surface area is 144 Å². The van der Waals surface area contributed by atoms with Crippen molar-refractivity contribution in [3.05, 3.63) is 63.1 Å². The lowest BCUT2D eigenvalue weighted by Crippen LogP contribution is -2.22. The highest BCUT2D eigenvalue weighted by Gasteiger charge is 2.14. The first-order valence-electron chi connectivity index (χ1n) is 6.80. The van der Waals surface area contributed by atoms with Gasteiger partial charge in [0.15, 0.2) is 5.78 Å². The van der Waals surface area contributed by atoms with Gasteiger partial charge in [0, 0.05) is 9.50 Å². The number of hydrogen-bond acceptors (Lipinski definition) is 3. The van der Waals surface area contributed by atoms with E-state index in [0.29, 0.717) is 29.5 Å². The zero-order valence-electron chi connectivity index (χ0n) is 12.5. The fraction of sp³-hybridized carbons (Fsp3) is 0.235. The van der Waals surface area contributed by atoms with Gasteiger partial charge in [0.05, 0.1) is 12.1 Å². The summed E-state index contributed by atoms with van der Waals surface area (Å²) in [5.74, 6) is 0.613. The molecule has 3 nitrogen and oxygen atoms in total. The average molecular weight is 383 g/mol. The number of nitrogens with zero attached hydrogens (tertiary/aromatic N) is 1. The van der Waals surface area contributed by atoms with E-state index in [4.69, 9.17) is 16.3 Å². The minimum Gasteiger partial charge on any atom is -0.488 e. The molecule has 2 aromatic rings. The van der Waals surface area contributed by atoms with Crippen LogP contribution in [0.3, 0.4) is 0 Å². The zero-order chi connectivity index (χ0) is 16.1. The summed E-state index contributed by atoms with van der Waals surface area (Å²) in [6.07, 6.45) is 0. The number of likely N-dealkylation sites (N-methyl/N-ethyl adjacent to an activating group) is 1. The van der Waals surface area contributed by atoms with Gasteiger partial charge >= 0.3 is 0 Å². The molecule has 0 fully saturated rings. The number of rotatable bonds is 6. The topological polar surface area (TPSA) is 29.5 Å². The van der Waals surface area contributed by atoms with Crippen LogP contribution in [0.15, 0.2) is 46.9 Å². The van der Waals surface area contributed by atoms with E-state index in [-0.39, 0.29) is 5.78 Å². The predicted molar refractivity (Wildman–Crippen MR) is 92.8 cm³/mol. The van der Waals surface area contributed by atoms with Crippen LogP contribution in [0.4, 0.5) is 0 Å². The Balaban J connectivity index is 2.16. The summed E-state index contributed by atoms with van der Waals surface area (Å²) in [4.78, 5) is 14.2. The smallest absolute Gasteiger partial charge is 0.180 e. The molecular weight excluding hydrogens is 366 g/mol. The molecule has 2 rings (SSSR count). The molecule has 0 radical (unpaired) electrons. The Morgan fingerprint density at radius 2 is 1.86 bits per heavy atom. The molecule has 2 aromatic carbocycles. The maximum absolute atomic E-state index is 12.3. The van der Waals surface area contributed by atoms with Gasteiger partial charge in [-0.15, -0.1) is 0 Å². The van der Waals surface area contributed by atoms with E-state index < -0.39 is 0 Å². The van der Waals surface area contributed by atoms with Gasteiger partial charge in [-0.1, -0.05) is 39.7 Å². The summed E-state index contributed by atoms with van der Waals surface area (Å²) in [5.41, 5.74) is 1.58. The summed E-state index contributed by atoms with van der Waals surface area (Å²) < 4.78 is 6.67. The predicted octanol–water partition coefficient (Wildman–Crippen LogP) is 4.43. The van der Waals surface area contributed by atoms with Crippen molar-refractivity contribution in [1.82, 2.24) is 4.90 Å². The Morgan fingerprint density at radius 3 is 2.50 bits per heavy atom. The molecule has 0 amide bonds. The molecule has 0 spiro atoms. The van der Waals surface area contributed by atoms with Crippen molar-refractivity contribution in [3.8, 4) is 5.75 Å². The number of halogens is 2. The normalized spacial score (nSPS) is 10.8. The Kier molecular flexibility index (Phi) is 6.00. The number of hydrogen-bond donors (Lipinski definition) is 0. The molecular formula is C17H17BrClNO2. The standard InChI is InChI=1S/C17H17BrClNO2/c1-20(2)10-16(21)15-9-13(18)5-8-17(15)22-11-12-3-6-14(19)7-4-12/h3-9H,10-11H2,1-2H3. The molecule has 0 bridgehead atoms. The molecule has 0 aliphatic rings. The third kappa shape index (κ3) is 4.83. The van der Waals surface area contributed by atoms with Crippen LogP contribution in [0.25, 0.3) is 0 Å². The van der Waals surface area contributed by atoms with Gasteiger partial charge < -0.3 is 9.64 Å². The molecule has 0 saturated carbocycles. The first-order valence-corrected chi connectivity index (χ1v) is 7.97. The molecule has 5 heteroatoms. The number of ether oxygens (including phenoxy) is 1. The van der Waals surface area contributed by atoms with E-state index in [1.54, 1.807) is 6.07 Å². The van der Waals surface area contributed by atoms with E-state index in [1.165, 1.54) is 0 Å². The van der Waals surface area contributed by atoms with Gasteiger partial charge in [-0.25, -0.2) is 0 Å². The van der Waals surface area contributed by atoms with Crippen molar-refractivity contribution in [3.63, 3.8) is 0 Å². The van der Waals surface area contributed by atoms with Gasteiger partial charge in [0.2, 0.25) is 0 Å². The van der Waals surface area contributed by atoms with Crippen molar-refractivity contribution < 1.29 is 9.53 Å². The summed E-state index contributed by atoms with van der Waals surface area (Å²) >= 11 is 9.26. The molecule has 116 valence electrons. The summed E-state index contributed by atoms with van der Waals surface area (Å²) in [5, 5.41) is 0.689. The summed E-state index contributed by atoms with van der Waals surface area (Å²) in [7, 11) is 3.73. The molecule has 0 atom stereocenters. The van der Waals surface area contributed by atoms with E-state index in [9.17, 15) is 4.79 Å². The Bertz CT molecular complexity index is 656. The van der Waals surface area contributed by atoms with Gasteiger partial charge in [-0.05, 0) is 50.0 Å². The number of benzene rings is 2. The van der Waals surface area contributed by atoms with Crippen LogP contribution in [-0.2, 0) is 6.61 Å². The van der Waals surface area contributed by atoms with E-state index in [0.717, 1.165) is 10.0 Å². The first kappa shape index (κ1) is 17.0. The van der Waals surface area contributed by atoms with E-state index in [2.05, 4.69) is 15.9 Å². The Hall–Kier alpha value is -1.36. The van der Waals surface area contributed by atoms with E-state index in [1.807, 2.05) is 55.4 Å². The van der Waals surface area contributed by atoms with Crippen LogP contribution in [0, 0.1) is 0 Å². The van der Waals surface area contributed by atoms with Crippen LogP contribution in [0.5, 0.6) is 5.75 Å². The minimum absolute atomic E-state index is 0.0254. The van der Waals surface area contributed by atoms with Crippen molar-refractivity contribution in [2.45, 2.75) is 6.61 Å². The quantitative estimate of drug-likeness (QED) is 0.692. The molecule has 0 aliphatic heterocycles. The number of ketones is 1. The minimum atomic E-state index is 0.0254. The number of carbonyl (C=O) groups is 1. The third-order valence-corrected chi connectivity index (χ3v) is 3.75. The maximum atomic E-state index is 12.3. The lowest BCUT2D eigenvalue weighted by atomic mass is 10.1. The van der Waals surface area contributed by atoms with Crippen LogP contribution >= 0.6 is 27.5 Å². The van der Waals surface area contributed by atoms with Crippen LogP contribution in [0.2, 0.25) is 5.02 Å². The fourth-order valence-corrected chi connectivity index (χ4v) is 2.45. The van der Waals surface area contributed by atoms with E-state index >= 15 is 0 Å². The molecule has 0 unspecified atom stereocenters. The van der Waals surface area contributed by atoms with Gasteiger partial charge in [0.25, 0.3) is 0 Å². The zero-order valence-corrected chi connectivity index (χ0v) is 14.8. The lowest BCUT2D eigenvalue weighted by Gasteiger charge is -2.14. The SMILES string of the molecule is CN(C)CC(=O)c1cc(Br)ccc1OCc1ccc(Cl)cc1. The largest absolute Gasteiger partial charge is 0.488 e. The second-order valence-electron chi connectivity index (χ2n) is 5.22. The fourth-order valence-electron chi connectivity index (χ4n) is 1.96. The highest BCUT2D eigenvalue weighted by atomic mass is 79.9. The van der Waals surface area contributed by atoms with Gasteiger partial charge in [-0.3, -0.25) is 4.79 Å². The van der Waals surface area contributed by atoms with Crippen molar-refractivity contribution in [1.29, 1.82) is 0 Å². The molecule has 22 heavy (non-hydrogen) atoms. The average Bonchev–Trinajstić information content (AvgIpc) is 2.47. The van der Waals surface area contributed by atoms with Crippen LogP contribution in [-0.4, -0.2) is 31.3 Å². The highest BCUT2D eigenvalue weighted by molar-refractivity contribution is 9.10. The van der Waals surface area contributed by atoms with Crippen LogP contribution in [0.1, 0.15) is 15.9 Å². The molecule has 0 aromatic heterocycles. The second kappa shape index (κ2) is 7.77. The third-order valence-electron chi connectivity index (χ3n) is 3.01.